The molecule has 0 bridgehead atoms. The molecule has 7 heterocycles. The normalized spacial score (nSPS) is 26.0. The second-order valence-corrected chi connectivity index (χ2v) is 40.6. The van der Waals surface area contributed by atoms with Crippen molar-refractivity contribution in [2.45, 2.75) is 336 Å². The zero-order valence-electron chi connectivity index (χ0n) is 83.3. The Kier molecular flexibility index (Phi) is 55.9. The molecule has 0 radical (unpaired) electrons. The van der Waals surface area contributed by atoms with E-state index in [4.69, 9.17) is 60.9 Å². The van der Waals surface area contributed by atoms with Gasteiger partial charge in [-0.1, -0.05) is 39.5 Å². The van der Waals surface area contributed by atoms with Gasteiger partial charge in [0.2, 0.25) is 65.0 Å². The van der Waals surface area contributed by atoms with E-state index in [0.29, 0.717) is 113 Å². The Labute approximate surface area is 841 Å². The van der Waals surface area contributed by atoms with Gasteiger partial charge in [0, 0.05) is 150 Å². The topological polar surface area (TPSA) is 757 Å². The third-order valence-electron chi connectivity index (χ3n) is 24.5. The lowest BCUT2D eigenvalue weighted by molar-refractivity contribution is -0.270. The fraction of sp³-hybridized carbons (Fsp3) is 0.822. The molecule has 55 heteroatoms. The second-order valence-electron chi connectivity index (χ2n) is 36.9. The van der Waals surface area contributed by atoms with Crippen LogP contribution in [0.1, 0.15) is 207 Å². The van der Waals surface area contributed by atoms with Gasteiger partial charge in [-0.15, -0.1) is 0 Å². The molecule has 20 N–H and O–H groups in total. The molecule has 53 nitrogen and oxygen atoms in total. The van der Waals surface area contributed by atoms with Crippen molar-refractivity contribution >= 4 is 91.6 Å². The van der Waals surface area contributed by atoms with Gasteiger partial charge in [-0.2, -0.15) is 0 Å². The third-order valence-corrected chi connectivity index (χ3v) is 27.2. The standard InChI is InChI=1S/C90H155N15O38P2/c1-55(2)144(127,128)137-49-66-62(43-75(139-66)105-54-99-76-56(3)97-53-98-86(76)105)143-145(129,130)138-48-60-42-61(112)44-104(60)74(120)26-12-10-8-7-9-11-25-73(119)103-90(50-131-39-27-70(116)94-33-19-30-91-67(113)22-13-16-36-134-87-77(100-57(4)109)83(124)80(121)63(45-106)140-87,51-132-40-28-71(117)95-34-20-31-92-68(114)23-14-17-37-135-88-78(101-58(5)110)84(125)81(122)64(46-107)141-88)52-133-41-29-72(118)96-35-21-32-93-69(115)24-15-18-38-136-89-79(102-59(6)111)85(126)82(123)65(47-108)142-89/h53-55,60-66,75,77-85,87-89,106-108,112,121-126H,7-52H2,1-6H3,(H,91,113)(H,92,114)(H,93,115)(H,94,116)(H,95,117)(H,96,118)(H,100,109)(H,101,110)(H,102,111)(H,103,119)(H,127,128)(H,129,130)/p-2/t60-,61+,62+,63?,64?,65?,66-,75-,77?,78?,79?,80+,81+,82+,83-,84-,85-,87-,88-,89-,90?/m1/s1. The minimum Gasteiger partial charge on any atom is -0.778 e. The van der Waals surface area contributed by atoms with Gasteiger partial charge in [0.15, 0.2) is 24.5 Å². The number of carbonyl (C=O) groups is 11. The summed E-state index contributed by atoms with van der Waals surface area (Å²) in [6, 6.07) is -4.24. The molecule has 5 fully saturated rings. The lowest BCUT2D eigenvalue weighted by atomic mass is 9.97. The average Bonchev–Trinajstić information content (AvgIpc) is 1.57. The largest absolute Gasteiger partial charge is 0.778 e. The first-order chi connectivity index (χ1) is 69.2. The number of phosphoric ester groups is 1. The number of likely N-dealkylation sites (tertiary alicyclic amines) is 1. The smallest absolute Gasteiger partial charge is 0.268 e. The number of aliphatic hydroxyl groups is 10. The summed E-state index contributed by atoms with van der Waals surface area (Å²) in [5.74, 6) is -4.50. The quantitative estimate of drug-likeness (QED) is 0.0217. The van der Waals surface area contributed by atoms with E-state index in [-0.39, 0.29) is 193 Å². The number of aromatic nitrogens is 4. The second kappa shape index (κ2) is 65.3. The summed E-state index contributed by atoms with van der Waals surface area (Å²) in [5, 5.41) is 129. The number of phosphoric acid groups is 1. The minimum absolute atomic E-state index is 0.00538. The molecule has 0 aliphatic carbocycles. The molecule has 22 atom stereocenters. The maximum atomic E-state index is 14.3. The number of fused-ring (bicyclic) bond motifs is 1. The Hall–Kier alpha value is -7.82. The number of nitrogens with one attached hydrogen (secondary N) is 10. The molecule has 11 amide bonds. The van der Waals surface area contributed by atoms with Crippen LogP contribution in [0.25, 0.3) is 11.2 Å². The summed E-state index contributed by atoms with van der Waals surface area (Å²) in [6.07, 6.45) is -11.6. The highest BCUT2D eigenvalue weighted by Crippen LogP contribution is 2.49. The molecular formula is C90H153N15O38P2-2. The number of imidazole rings is 1. The Bertz CT molecular complexity index is 4140. The van der Waals surface area contributed by atoms with Crippen molar-refractivity contribution in [3.05, 3.63) is 18.3 Å². The molecule has 0 saturated carbocycles. The van der Waals surface area contributed by atoms with Crippen LogP contribution in [-0.4, -0.2) is 406 Å². The van der Waals surface area contributed by atoms with Crippen LogP contribution in [0.5, 0.6) is 0 Å². The van der Waals surface area contributed by atoms with Crippen LogP contribution in [0.15, 0.2) is 12.7 Å². The molecule has 5 aliphatic rings. The number of nitrogens with zero attached hydrogens (tertiary/aromatic N) is 5. The number of hydrogen-bond donors (Lipinski definition) is 20. The van der Waals surface area contributed by atoms with Crippen molar-refractivity contribution in [3.63, 3.8) is 0 Å². The van der Waals surface area contributed by atoms with E-state index >= 15 is 0 Å². The van der Waals surface area contributed by atoms with Gasteiger partial charge >= 0.3 is 0 Å². The molecule has 2 aromatic rings. The highest BCUT2D eigenvalue weighted by Gasteiger charge is 2.50. The molecule has 7 rings (SSSR count). The zero-order valence-corrected chi connectivity index (χ0v) is 85.1. The van der Waals surface area contributed by atoms with E-state index in [9.17, 15) is 123 Å². The predicted molar refractivity (Wildman–Crippen MR) is 503 cm³/mol. The predicted octanol–water partition coefficient (Wildman–Crippen LogP) is -5.31. The number of ether oxygens (including phenoxy) is 10. The number of amides is 11. The number of hydrogen-bond acceptors (Lipinski definition) is 41. The number of β-amino-alcohol motifs (C(OH)–C–C–N with tert-alkyl or cyclic N) is 1. The van der Waals surface area contributed by atoms with Gasteiger partial charge in [0.1, 0.15) is 110 Å². The first-order valence-electron chi connectivity index (χ1n) is 49.7. The van der Waals surface area contributed by atoms with Crippen LogP contribution in [-0.2, 0) is 123 Å². The number of aliphatic hydroxyl groups excluding tert-OH is 10. The average molecular weight is 2120 g/mol. The SMILES string of the molecule is CC(=O)NC1[C@H](OCCCCC(=O)NCCCNC(=O)CCOCC(COCCC(=O)NCCCNC(=O)CCCCO[C@@H]2OC(CO)[C@H](O)[C@H](O)C2NC(C)=O)(COCCC(=O)NCCCNC(=O)CCCCO[C@@H]2OC(CO)[C@H](O)[C@H](O)C2NC(C)=O)NC(=O)CCCCCCCCC(=O)N2C[C@@H](O)C[C@@H]2COP(=O)([O-])O[C@H]2C[C@H](n3cnc4c(C)ncnc43)O[C@@H]2COP(=O)([O-])C(C)C)OC(CO)[C@H](O)[C@@H]1O. The van der Waals surface area contributed by atoms with E-state index in [1.54, 1.807) is 11.5 Å². The maximum Gasteiger partial charge on any atom is 0.268 e. The van der Waals surface area contributed by atoms with Gasteiger partial charge in [-0.25, -0.2) is 15.0 Å². The zero-order chi connectivity index (χ0) is 106. The van der Waals surface area contributed by atoms with E-state index in [1.165, 1.54) is 52.2 Å². The number of aryl methyl sites for hydroxylation is 1. The fourth-order valence-electron chi connectivity index (χ4n) is 16.4. The van der Waals surface area contributed by atoms with Crippen molar-refractivity contribution < 1.29 is 184 Å². The highest BCUT2D eigenvalue weighted by atomic mass is 31.2. The Morgan fingerprint density at radius 2 is 0.834 bits per heavy atom. The van der Waals surface area contributed by atoms with E-state index in [0.717, 1.165) is 0 Å². The Balaban J connectivity index is 0.908. The van der Waals surface area contributed by atoms with E-state index in [2.05, 4.69) is 68.1 Å². The molecule has 8 unspecified atom stereocenters. The van der Waals surface area contributed by atoms with Gasteiger partial charge in [-0.05, 0) is 84.0 Å². The summed E-state index contributed by atoms with van der Waals surface area (Å²) in [6.45, 7) is 4.75. The third kappa shape index (κ3) is 44.0. The lowest BCUT2D eigenvalue weighted by Gasteiger charge is -2.42. The molecule has 0 spiro atoms. The van der Waals surface area contributed by atoms with Crippen LogP contribution in [0.3, 0.4) is 0 Å². The first-order valence-corrected chi connectivity index (χ1v) is 52.8. The van der Waals surface area contributed by atoms with Crippen molar-refractivity contribution in [3.8, 4) is 0 Å². The lowest BCUT2D eigenvalue weighted by Crippen LogP contribution is -2.64. The monoisotopic (exact) mass is 2110 g/mol. The van der Waals surface area contributed by atoms with E-state index in [1.807, 2.05) is 0 Å². The maximum absolute atomic E-state index is 14.3. The molecule has 828 valence electrons. The van der Waals surface area contributed by atoms with Gasteiger partial charge in [0.25, 0.3) is 7.82 Å². The minimum atomic E-state index is -5.24. The Morgan fingerprint density at radius 3 is 1.23 bits per heavy atom. The number of rotatable bonds is 71. The molecule has 5 saturated heterocycles. The summed E-state index contributed by atoms with van der Waals surface area (Å²) < 4.78 is 103. The fourth-order valence-corrected chi connectivity index (χ4v) is 18.1. The van der Waals surface area contributed by atoms with Crippen LogP contribution in [0, 0.1) is 6.92 Å². The highest BCUT2D eigenvalue weighted by molar-refractivity contribution is 7.52. The van der Waals surface area contributed by atoms with Gasteiger partial charge in [0.05, 0.1) is 103 Å². The Morgan fingerprint density at radius 1 is 0.455 bits per heavy atom. The van der Waals surface area contributed by atoms with Crippen LogP contribution in [0.4, 0.5) is 0 Å². The van der Waals surface area contributed by atoms with Crippen molar-refractivity contribution in [2.24, 2.45) is 0 Å². The summed E-state index contributed by atoms with van der Waals surface area (Å²) in [5.41, 5.74) is -1.05. The van der Waals surface area contributed by atoms with Crippen molar-refractivity contribution in [1.82, 2.24) is 77.6 Å². The van der Waals surface area contributed by atoms with Crippen LogP contribution < -0.4 is 63.0 Å². The molecule has 2 aromatic heterocycles. The molecular weight excluding hydrogens is 1960 g/mol. The molecule has 0 aromatic carbocycles. The molecule has 145 heavy (non-hydrogen) atoms. The van der Waals surface area contributed by atoms with Crippen molar-refractivity contribution in [1.29, 1.82) is 0 Å². The first kappa shape index (κ1) is 124. The van der Waals surface area contributed by atoms with Crippen LogP contribution >= 0.6 is 15.4 Å². The van der Waals surface area contributed by atoms with Crippen molar-refractivity contribution in [2.75, 3.05) is 138 Å². The van der Waals surface area contributed by atoms with Crippen LogP contribution in [0.2, 0.25) is 0 Å². The number of carbonyl (C=O) groups excluding carboxylic acids is 11. The van der Waals surface area contributed by atoms with Gasteiger partial charge < -0.3 is 184 Å². The number of unbranched alkanes of at least 4 members (excludes halogenated alkanes) is 8. The van der Waals surface area contributed by atoms with E-state index < -0.39 is 224 Å². The molecule has 5 aliphatic heterocycles. The summed E-state index contributed by atoms with van der Waals surface area (Å²) in [4.78, 5) is 182. The summed E-state index contributed by atoms with van der Waals surface area (Å²) >= 11 is 0. The summed E-state index contributed by atoms with van der Waals surface area (Å²) in [7, 11) is -9.65. The van der Waals surface area contributed by atoms with Gasteiger partial charge in [-0.3, -0.25) is 61.9 Å².